The van der Waals surface area contributed by atoms with E-state index in [9.17, 15) is 9.59 Å². The smallest absolute Gasteiger partial charge is 0.319 e. The van der Waals surface area contributed by atoms with Crippen LogP contribution in [0, 0.1) is 0 Å². The summed E-state index contributed by atoms with van der Waals surface area (Å²) >= 11 is 0. The number of hydrogen-bond acceptors (Lipinski definition) is 2. The quantitative estimate of drug-likeness (QED) is 0.128. The van der Waals surface area contributed by atoms with Crippen molar-refractivity contribution in [1.29, 1.82) is 0 Å². The van der Waals surface area contributed by atoms with E-state index in [1.54, 1.807) is 0 Å². The first kappa shape index (κ1) is 28.9. The molecule has 0 aliphatic carbocycles. The van der Waals surface area contributed by atoms with Gasteiger partial charge < -0.3 is 21.3 Å². The molecule has 4 rings (SSSR count). The van der Waals surface area contributed by atoms with Crippen LogP contribution in [0.3, 0.4) is 0 Å². The second-order valence-electron chi connectivity index (χ2n) is 10.3. The molecular weight excluding hydrogens is 496 g/mol. The fourth-order valence-corrected chi connectivity index (χ4v) is 5.13. The Morgan fingerprint density at radius 2 is 0.950 bits per heavy atom. The third-order valence-electron chi connectivity index (χ3n) is 7.24. The molecular formula is C34H42N4O2. The van der Waals surface area contributed by atoms with Crippen LogP contribution in [0.5, 0.6) is 0 Å². The summed E-state index contributed by atoms with van der Waals surface area (Å²) < 4.78 is 0. The molecule has 4 amide bonds. The van der Waals surface area contributed by atoms with Crippen LogP contribution in [0.15, 0.2) is 72.8 Å². The molecule has 0 fully saturated rings. The number of fused-ring (bicyclic) bond motifs is 2. The van der Waals surface area contributed by atoms with Crippen LogP contribution in [0.2, 0.25) is 0 Å². The minimum atomic E-state index is -0.229. The van der Waals surface area contributed by atoms with Gasteiger partial charge in [0.1, 0.15) is 0 Å². The standard InChI is InChI=1S/C34H42N4O2/c1-3-5-7-13-23-35-33(39)37-29-21-19-25-15-9-11-17-27(25)31(29)32-28-18-12-10-16-26(28)20-22-30(32)38-34(40)36-24-14-8-6-4-2/h9-12,15-22H,3-8,13-14,23-24H2,1-2H3,(H2,35,37,39)(H2,36,38,40). The van der Waals surface area contributed by atoms with Gasteiger partial charge in [-0.1, -0.05) is 113 Å². The number of rotatable bonds is 13. The zero-order valence-electron chi connectivity index (χ0n) is 23.8. The van der Waals surface area contributed by atoms with Gasteiger partial charge in [-0.15, -0.1) is 0 Å². The zero-order valence-corrected chi connectivity index (χ0v) is 23.8. The maximum atomic E-state index is 13.0. The summed E-state index contributed by atoms with van der Waals surface area (Å²) in [6.07, 6.45) is 8.76. The predicted octanol–water partition coefficient (Wildman–Crippen LogP) is 9.06. The Bertz CT molecular complexity index is 1320. The fraction of sp³-hybridized carbons (Fsp3) is 0.353. The Labute approximate surface area is 237 Å². The Hall–Kier alpha value is -4.06. The summed E-state index contributed by atoms with van der Waals surface area (Å²) in [5.41, 5.74) is 3.16. The number of unbranched alkanes of at least 4 members (excludes halogenated alkanes) is 6. The number of benzene rings is 4. The van der Waals surface area contributed by atoms with Gasteiger partial charge in [-0.2, -0.15) is 0 Å². The van der Waals surface area contributed by atoms with Gasteiger partial charge in [-0.05, 0) is 46.5 Å². The molecule has 4 N–H and O–H groups in total. The summed E-state index contributed by atoms with van der Waals surface area (Å²) in [6, 6.07) is 23.8. The Morgan fingerprint density at radius 1 is 0.525 bits per heavy atom. The molecule has 6 nitrogen and oxygen atoms in total. The van der Waals surface area contributed by atoms with E-state index in [1.807, 2.05) is 48.5 Å². The SMILES string of the molecule is CCCCCCNC(=O)Nc1ccc2ccccc2c1-c1c(NC(=O)NCCCCCC)ccc2ccccc12. The summed E-state index contributed by atoms with van der Waals surface area (Å²) in [4.78, 5) is 26.0. The van der Waals surface area contributed by atoms with E-state index in [0.29, 0.717) is 24.5 Å². The van der Waals surface area contributed by atoms with Crippen LogP contribution in [0.4, 0.5) is 21.0 Å². The highest BCUT2D eigenvalue weighted by molar-refractivity contribution is 6.16. The van der Waals surface area contributed by atoms with E-state index in [0.717, 1.165) is 71.2 Å². The van der Waals surface area contributed by atoms with Gasteiger partial charge in [0.15, 0.2) is 0 Å². The number of nitrogens with one attached hydrogen (secondary N) is 4. The molecule has 6 heteroatoms. The Kier molecular flexibility index (Phi) is 10.8. The monoisotopic (exact) mass is 538 g/mol. The first-order valence-electron chi connectivity index (χ1n) is 14.8. The lowest BCUT2D eigenvalue weighted by atomic mass is 9.91. The van der Waals surface area contributed by atoms with Crippen LogP contribution in [-0.4, -0.2) is 25.2 Å². The summed E-state index contributed by atoms with van der Waals surface area (Å²) in [7, 11) is 0. The van der Waals surface area contributed by atoms with Crippen molar-refractivity contribution in [2.75, 3.05) is 23.7 Å². The van der Waals surface area contributed by atoms with Crippen LogP contribution < -0.4 is 21.3 Å². The van der Waals surface area contributed by atoms with E-state index >= 15 is 0 Å². The molecule has 0 heterocycles. The molecule has 0 aromatic heterocycles. The molecule has 0 aliphatic heterocycles. The van der Waals surface area contributed by atoms with Crippen molar-refractivity contribution < 1.29 is 9.59 Å². The average molecular weight is 539 g/mol. The molecule has 4 aromatic carbocycles. The number of amides is 4. The molecule has 0 bridgehead atoms. The molecule has 0 atom stereocenters. The second-order valence-corrected chi connectivity index (χ2v) is 10.3. The van der Waals surface area contributed by atoms with Crippen LogP contribution in [-0.2, 0) is 0 Å². The Balaban J connectivity index is 1.71. The van der Waals surface area contributed by atoms with Gasteiger partial charge in [0, 0.05) is 24.2 Å². The minimum Gasteiger partial charge on any atom is -0.338 e. The average Bonchev–Trinajstić information content (AvgIpc) is 2.97. The van der Waals surface area contributed by atoms with Crippen molar-refractivity contribution in [1.82, 2.24) is 10.6 Å². The van der Waals surface area contributed by atoms with E-state index in [-0.39, 0.29) is 12.1 Å². The van der Waals surface area contributed by atoms with Crippen molar-refractivity contribution in [2.45, 2.75) is 65.2 Å². The highest BCUT2D eigenvalue weighted by atomic mass is 16.2. The Morgan fingerprint density at radius 3 is 1.38 bits per heavy atom. The summed E-state index contributed by atoms with van der Waals surface area (Å²) in [5, 5.41) is 16.4. The molecule has 0 spiro atoms. The van der Waals surface area contributed by atoms with Gasteiger partial charge in [0.05, 0.1) is 11.4 Å². The lowest BCUT2D eigenvalue weighted by molar-refractivity contribution is 0.251. The molecule has 0 aliphatic rings. The predicted molar refractivity (Wildman–Crippen MR) is 169 cm³/mol. The van der Waals surface area contributed by atoms with Crippen LogP contribution >= 0.6 is 0 Å². The number of anilines is 2. The maximum Gasteiger partial charge on any atom is 0.319 e. The van der Waals surface area contributed by atoms with Crippen molar-refractivity contribution in [2.24, 2.45) is 0 Å². The van der Waals surface area contributed by atoms with Crippen molar-refractivity contribution in [3.8, 4) is 11.1 Å². The van der Waals surface area contributed by atoms with E-state index in [2.05, 4.69) is 59.4 Å². The topological polar surface area (TPSA) is 82.3 Å². The van der Waals surface area contributed by atoms with Gasteiger partial charge in [0.25, 0.3) is 0 Å². The third-order valence-corrected chi connectivity index (χ3v) is 7.24. The fourth-order valence-electron chi connectivity index (χ4n) is 5.13. The molecule has 0 saturated heterocycles. The van der Waals surface area contributed by atoms with Crippen LogP contribution in [0.25, 0.3) is 32.7 Å². The lowest BCUT2D eigenvalue weighted by Crippen LogP contribution is -2.30. The summed E-state index contributed by atoms with van der Waals surface area (Å²) in [6.45, 7) is 5.62. The van der Waals surface area contributed by atoms with E-state index < -0.39 is 0 Å². The molecule has 40 heavy (non-hydrogen) atoms. The molecule has 0 saturated carbocycles. The molecule has 0 radical (unpaired) electrons. The zero-order chi connectivity index (χ0) is 28.2. The number of urea groups is 2. The van der Waals surface area contributed by atoms with Gasteiger partial charge in [-0.3, -0.25) is 0 Å². The first-order chi connectivity index (χ1) is 19.6. The van der Waals surface area contributed by atoms with Crippen molar-refractivity contribution in [3.05, 3.63) is 72.8 Å². The van der Waals surface area contributed by atoms with Crippen molar-refractivity contribution in [3.63, 3.8) is 0 Å². The first-order valence-corrected chi connectivity index (χ1v) is 14.8. The second kappa shape index (κ2) is 14.9. The largest absolute Gasteiger partial charge is 0.338 e. The van der Waals surface area contributed by atoms with Gasteiger partial charge >= 0.3 is 12.1 Å². The highest BCUT2D eigenvalue weighted by Gasteiger charge is 2.19. The van der Waals surface area contributed by atoms with E-state index in [4.69, 9.17) is 0 Å². The lowest BCUT2D eigenvalue weighted by Gasteiger charge is -2.20. The molecule has 0 unspecified atom stereocenters. The maximum absolute atomic E-state index is 13.0. The van der Waals surface area contributed by atoms with E-state index in [1.165, 1.54) is 12.8 Å². The molecule has 4 aromatic rings. The summed E-state index contributed by atoms with van der Waals surface area (Å²) in [5.74, 6) is 0. The number of carbonyl (C=O) groups excluding carboxylic acids is 2. The normalized spacial score (nSPS) is 10.9. The minimum absolute atomic E-state index is 0.229. The number of hydrogen-bond donors (Lipinski definition) is 4. The van der Waals surface area contributed by atoms with Crippen LogP contribution in [0.1, 0.15) is 65.2 Å². The third kappa shape index (κ3) is 7.53. The van der Waals surface area contributed by atoms with Gasteiger partial charge in [-0.25, -0.2) is 9.59 Å². The van der Waals surface area contributed by atoms with Gasteiger partial charge in [0.2, 0.25) is 0 Å². The number of carbonyl (C=O) groups is 2. The van der Waals surface area contributed by atoms with Crippen molar-refractivity contribution >= 4 is 45.0 Å². The molecule has 210 valence electrons. The highest BCUT2D eigenvalue weighted by Crippen LogP contribution is 2.43.